The van der Waals surface area contributed by atoms with E-state index in [4.69, 9.17) is 5.26 Å². The number of nitrogens with one attached hydrogen (secondary N) is 4. The summed E-state index contributed by atoms with van der Waals surface area (Å²) in [4.78, 5) is 32.5. The summed E-state index contributed by atoms with van der Waals surface area (Å²) in [6.07, 6.45) is 8.00. The average Bonchev–Trinajstić information content (AvgIpc) is 3.60. The molecule has 0 radical (unpaired) electrons. The minimum atomic E-state index is -0.663. The van der Waals surface area contributed by atoms with E-state index in [1.807, 2.05) is 6.07 Å². The van der Waals surface area contributed by atoms with Gasteiger partial charge in [-0.1, -0.05) is 0 Å². The molecule has 2 heterocycles. The number of carbonyl (C=O) groups is 2. The normalized spacial score (nSPS) is 19.8. The molecule has 0 aromatic carbocycles. The van der Waals surface area contributed by atoms with Gasteiger partial charge in [0.05, 0.1) is 16.8 Å². The van der Waals surface area contributed by atoms with Crippen LogP contribution in [-0.2, 0) is 4.79 Å². The fourth-order valence-electron chi connectivity index (χ4n) is 3.92. The Balaban J connectivity index is 1.45. The smallest absolute Gasteiger partial charge is 0.255 e. The van der Waals surface area contributed by atoms with E-state index >= 15 is 0 Å². The van der Waals surface area contributed by atoms with Gasteiger partial charge in [-0.2, -0.15) is 5.26 Å². The SMILES string of the molecule is CC(=O)NC1CCC(NC(=O)c2cnc(Nc3ncc(C#N)cc3F)cc2NC2CC2)CC1. The first-order valence-electron chi connectivity index (χ1n) is 11.1. The van der Waals surface area contributed by atoms with Crippen molar-refractivity contribution in [3.05, 3.63) is 41.5 Å². The van der Waals surface area contributed by atoms with Crippen LogP contribution in [0.4, 0.5) is 21.7 Å². The number of nitriles is 1. The lowest BCUT2D eigenvalue weighted by atomic mass is 9.91. The summed E-state index contributed by atoms with van der Waals surface area (Å²) in [6.45, 7) is 1.51. The summed E-state index contributed by atoms with van der Waals surface area (Å²) < 4.78 is 14.2. The summed E-state index contributed by atoms with van der Waals surface area (Å²) >= 11 is 0. The lowest BCUT2D eigenvalue weighted by Crippen LogP contribution is -2.43. The van der Waals surface area contributed by atoms with Gasteiger partial charge in [-0.15, -0.1) is 0 Å². The molecule has 172 valence electrons. The Hall–Kier alpha value is -3.74. The van der Waals surface area contributed by atoms with Gasteiger partial charge in [-0.05, 0) is 44.6 Å². The van der Waals surface area contributed by atoms with E-state index in [0.717, 1.165) is 44.6 Å². The molecule has 2 aliphatic carbocycles. The zero-order chi connectivity index (χ0) is 23.4. The number of hydrogen-bond acceptors (Lipinski definition) is 7. The molecule has 10 heteroatoms. The highest BCUT2D eigenvalue weighted by atomic mass is 19.1. The summed E-state index contributed by atoms with van der Waals surface area (Å²) in [5.41, 5.74) is 1.17. The largest absolute Gasteiger partial charge is 0.382 e. The highest BCUT2D eigenvalue weighted by Gasteiger charge is 2.27. The molecular formula is C23H26FN7O2. The van der Waals surface area contributed by atoms with Gasteiger partial charge in [0.25, 0.3) is 5.91 Å². The molecule has 0 atom stereocenters. The van der Waals surface area contributed by atoms with E-state index in [2.05, 4.69) is 31.2 Å². The fraction of sp³-hybridized carbons (Fsp3) is 0.435. The molecular weight excluding hydrogens is 425 g/mol. The zero-order valence-electron chi connectivity index (χ0n) is 18.3. The van der Waals surface area contributed by atoms with Crippen LogP contribution in [0.5, 0.6) is 0 Å². The van der Waals surface area contributed by atoms with Crippen LogP contribution in [-0.4, -0.2) is 39.9 Å². The monoisotopic (exact) mass is 451 g/mol. The summed E-state index contributed by atoms with van der Waals surface area (Å²) in [5.74, 6) is -0.630. The first-order valence-corrected chi connectivity index (χ1v) is 11.1. The third-order valence-corrected chi connectivity index (χ3v) is 5.77. The maximum atomic E-state index is 14.2. The molecule has 0 spiro atoms. The first kappa shape index (κ1) is 22.5. The van der Waals surface area contributed by atoms with Crippen LogP contribution < -0.4 is 21.3 Å². The van der Waals surface area contributed by atoms with Crippen LogP contribution in [0.15, 0.2) is 24.5 Å². The van der Waals surface area contributed by atoms with Crippen molar-refractivity contribution in [2.24, 2.45) is 0 Å². The van der Waals surface area contributed by atoms with Crippen molar-refractivity contribution in [3.63, 3.8) is 0 Å². The Morgan fingerprint density at radius 3 is 2.27 bits per heavy atom. The highest BCUT2D eigenvalue weighted by Crippen LogP contribution is 2.29. The third-order valence-electron chi connectivity index (χ3n) is 5.77. The van der Waals surface area contributed by atoms with Crippen LogP contribution in [0, 0.1) is 17.1 Å². The Bertz CT molecular complexity index is 1090. The third kappa shape index (κ3) is 5.94. The van der Waals surface area contributed by atoms with Crippen molar-refractivity contribution in [2.75, 3.05) is 10.6 Å². The molecule has 2 amide bonds. The van der Waals surface area contributed by atoms with Crippen LogP contribution in [0.25, 0.3) is 0 Å². The summed E-state index contributed by atoms with van der Waals surface area (Å²) in [7, 11) is 0. The number of rotatable bonds is 7. The Morgan fingerprint density at radius 2 is 1.67 bits per heavy atom. The predicted octanol–water partition coefficient (Wildman–Crippen LogP) is 2.98. The van der Waals surface area contributed by atoms with Gasteiger partial charge < -0.3 is 21.3 Å². The van der Waals surface area contributed by atoms with Crippen molar-refractivity contribution in [1.82, 2.24) is 20.6 Å². The van der Waals surface area contributed by atoms with E-state index in [1.165, 1.54) is 19.3 Å². The molecule has 2 aromatic rings. The van der Waals surface area contributed by atoms with Crippen LogP contribution in [0.1, 0.15) is 61.4 Å². The lowest BCUT2D eigenvalue weighted by molar-refractivity contribution is -0.119. The second-order valence-corrected chi connectivity index (χ2v) is 8.55. The number of aromatic nitrogens is 2. The van der Waals surface area contributed by atoms with Gasteiger partial charge in [0, 0.05) is 43.5 Å². The van der Waals surface area contributed by atoms with E-state index in [9.17, 15) is 14.0 Å². The number of amides is 2. The van der Waals surface area contributed by atoms with E-state index in [1.54, 1.807) is 6.07 Å². The van der Waals surface area contributed by atoms with Crippen LogP contribution in [0.2, 0.25) is 0 Å². The van der Waals surface area contributed by atoms with E-state index < -0.39 is 5.82 Å². The molecule has 2 fully saturated rings. The Kier molecular flexibility index (Phi) is 6.68. The first-order chi connectivity index (χ1) is 15.9. The minimum absolute atomic E-state index is 0.0332. The fourth-order valence-corrected chi connectivity index (χ4v) is 3.92. The molecule has 2 aliphatic rings. The van der Waals surface area contributed by atoms with Gasteiger partial charge in [0.2, 0.25) is 5.91 Å². The Morgan fingerprint density at radius 1 is 1.00 bits per heavy atom. The molecule has 2 saturated carbocycles. The van der Waals surface area contributed by atoms with E-state index in [0.29, 0.717) is 23.1 Å². The second-order valence-electron chi connectivity index (χ2n) is 8.55. The van der Waals surface area contributed by atoms with Gasteiger partial charge >= 0.3 is 0 Å². The van der Waals surface area contributed by atoms with Crippen LogP contribution >= 0.6 is 0 Å². The maximum Gasteiger partial charge on any atom is 0.255 e. The average molecular weight is 452 g/mol. The van der Waals surface area contributed by atoms with E-state index in [-0.39, 0.29) is 35.3 Å². The Labute approximate surface area is 191 Å². The molecule has 33 heavy (non-hydrogen) atoms. The number of carbonyl (C=O) groups excluding carboxylic acids is 2. The quantitative estimate of drug-likeness (QED) is 0.509. The molecule has 4 rings (SSSR count). The van der Waals surface area contributed by atoms with Crippen molar-refractivity contribution < 1.29 is 14.0 Å². The van der Waals surface area contributed by atoms with Gasteiger partial charge in [-0.3, -0.25) is 9.59 Å². The number of halogens is 1. The molecule has 4 N–H and O–H groups in total. The molecule has 2 aromatic heterocycles. The molecule has 9 nitrogen and oxygen atoms in total. The summed E-state index contributed by atoms with van der Waals surface area (Å²) in [6, 6.07) is 5.09. The van der Waals surface area contributed by atoms with Crippen LogP contribution in [0.3, 0.4) is 0 Å². The molecule has 0 saturated heterocycles. The van der Waals surface area contributed by atoms with Crippen molar-refractivity contribution >= 4 is 29.1 Å². The number of nitrogens with zero attached hydrogens (tertiary/aromatic N) is 3. The number of pyridine rings is 2. The lowest BCUT2D eigenvalue weighted by Gasteiger charge is -2.29. The minimum Gasteiger partial charge on any atom is -0.382 e. The predicted molar refractivity (Wildman–Crippen MR) is 120 cm³/mol. The molecule has 0 bridgehead atoms. The van der Waals surface area contributed by atoms with Crippen molar-refractivity contribution in [3.8, 4) is 6.07 Å². The van der Waals surface area contributed by atoms with Gasteiger partial charge in [0.15, 0.2) is 11.6 Å². The summed E-state index contributed by atoms with van der Waals surface area (Å²) in [5, 5.41) is 21.0. The standard InChI is InChI=1S/C23H26FN7O2/c1-13(32)28-15-2-6-17(7-3-15)30-23(33)18-12-26-21(9-20(18)29-16-4-5-16)31-22-19(24)8-14(10-25)11-27-22/h8-9,11-12,15-17H,2-7H2,1H3,(H,28,32)(H,30,33)(H2,26,27,29,31). The molecule has 0 aliphatic heterocycles. The number of hydrogen-bond donors (Lipinski definition) is 4. The number of anilines is 3. The topological polar surface area (TPSA) is 132 Å². The van der Waals surface area contributed by atoms with Crippen molar-refractivity contribution in [2.45, 2.75) is 63.6 Å². The van der Waals surface area contributed by atoms with Gasteiger partial charge in [-0.25, -0.2) is 14.4 Å². The maximum absolute atomic E-state index is 14.2. The molecule has 0 unspecified atom stereocenters. The van der Waals surface area contributed by atoms with Gasteiger partial charge in [0.1, 0.15) is 11.9 Å². The zero-order valence-corrected chi connectivity index (χ0v) is 18.3. The van der Waals surface area contributed by atoms with Crippen molar-refractivity contribution in [1.29, 1.82) is 5.26 Å². The second kappa shape index (κ2) is 9.81. The highest BCUT2D eigenvalue weighted by molar-refractivity contribution is 6.00.